The summed E-state index contributed by atoms with van der Waals surface area (Å²) in [5.74, 6) is 0. The first-order valence-electron chi connectivity index (χ1n) is 15.8. The Morgan fingerprint density at radius 1 is 0.717 bits per heavy atom. The Morgan fingerprint density at radius 2 is 1.26 bits per heavy atom. The zero-order valence-corrected chi connectivity index (χ0v) is 34.9. The Hall–Kier alpha value is -3.17. The first-order chi connectivity index (χ1) is 24.1. The van der Waals surface area contributed by atoms with E-state index in [1.165, 1.54) is 36.4 Å². The fourth-order valence-electron chi connectivity index (χ4n) is 5.87. The number of nitrogens with zero attached hydrogens (tertiary/aromatic N) is 2. The fourth-order valence-corrected chi connectivity index (χ4v) is 7.65. The molecule has 16 heteroatoms. The van der Waals surface area contributed by atoms with Crippen molar-refractivity contribution >= 4 is 64.7 Å². The van der Waals surface area contributed by atoms with Gasteiger partial charge in [-0.15, -0.1) is 0 Å². The molecule has 0 aromatic heterocycles. The Bertz CT molecular complexity index is 2410. The van der Waals surface area contributed by atoms with E-state index in [2.05, 4.69) is 0 Å². The van der Waals surface area contributed by atoms with E-state index in [0.717, 1.165) is 11.4 Å². The van der Waals surface area contributed by atoms with Crippen molar-refractivity contribution in [3.05, 3.63) is 149 Å². The van der Waals surface area contributed by atoms with Gasteiger partial charge in [-0.25, -0.2) is 13.0 Å². The first kappa shape index (κ1) is 44.2. The number of benzene rings is 4. The molecule has 53 heavy (non-hydrogen) atoms. The second-order valence-electron chi connectivity index (χ2n) is 11.7. The molecule has 0 atom stereocenters. The van der Waals surface area contributed by atoms with Gasteiger partial charge in [-0.05, 0) is 90.7 Å². The van der Waals surface area contributed by atoms with Gasteiger partial charge in [0, 0.05) is 42.1 Å². The maximum atomic E-state index is 12.4. The summed E-state index contributed by atoms with van der Waals surface area (Å²) >= 11 is 0. The Morgan fingerprint density at radius 3 is 1.79 bits per heavy atom. The van der Waals surface area contributed by atoms with Crippen molar-refractivity contribution in [1.82, 2.24) is 0 Å². The summed E-state index contributed by atoms with van der Waals surface area (Å²) in [4.78, 5) is 1.24. The minimum absolute atomic E-state index is 0. The maximum Gasteiger partial charge on any atom is 3.00 e. The predicted octanol–water partition coefficient (Wildman–Crippen LogP) is 2.34. The van der Waals surface area contributed by atoms with Crippen LogP contribution in [-0.2, 0) is 43.4 Å². The van der Waals surface area contributed by atoms with E-state index < -0.39 is 30.4 Å². The van der Waals surface area contributed by atoms with Crippen LogP contribution >= 0.6 is 0 Å². The largest absolute Gasteiger partial charge is 3.00 e. The molecule has 266 valence electrons. The summed E-state index contributed by atoms with van der Waals surface area (Å²) in [5, 5.41) is 0. The van der Waals surface area contributed by atoms with Gasteiger partial charge < -0.3 is 9.45 Å². The van der Waals surface area contributed by atoms with Crippen LogP contribution in [0.5, 0.6) is 0 Å². The Kier molecular flexibility index (Phi) is 15.4. The SMILES string of the molecule is CCN(Cc1cccc(S(=O)(=O)O)c1)c1ccc(C(=C2C=CC(=[N+](CC)Cc3cccc(S(=O)(=O)O)c3)C=C2)c2ccccc2S(=O)(=O)[O-])cc1.[Al+3].[Na+]. The summed E-state index contributed by atoms with van der Waals surface area (Å²) in [7, 11) is -13.6. The van der Waals surface area contributed by atoms with E-state index >= 15 is 0 Å². The van der Waals surface area contributed by atoms with E-state index in [0.29, 0.717) is 54.0 Å². The molecule has 0 amide bonds. The molecule has 11 nitrogen and oxygen atoms in total. The minimum atomic E-state index is -4.85. The smallest absolute Gasteiger partial charge is 0.744 e. The third kappa shape index (κ3) is 11.2. The van der Waals surface area contributed by atoms with Gasteiger partial charge >= 0.3 is 46.9 Å². The number of rotatable bonds is 12. The molecule has 5 rings (SSSR count). The summed E-state index contributed by atoms with van der Waals surface area (Å²) in [6, 6.07) is 25.5. The van der Waals surface area contributed by atoms with Crippen LogP contribution in [0.15, 0.2) is 142 Å². The molecule has 1 aliphatic carbocycles. The van der Waals surface area contributed by atoms with Crippen LogP contribution in [0.3, 0.4) is 0 Å². The third-order valence-electron chi connectivity index (χ3n) is 8.37. The van der Waals surface area contributed by atoms with Crippen molar-refractivity contribution in [1.29, 1.82) is 0 Å². The fraction of sp³-hybridized carbons (Fsp3) is 0.162. The minimum Gasteiger partial charge on any atom is -0.744 e. The van der Waals surface area contributed by atoms with Gasteiger partial charge in [0.15, 0.2) is 12.3 Å². The van der Waals surface area contributed by atoms with Gasteiger partial charge in [0.05, 0.1) is 14.7 Å². The molecule has 1 aliphatic rings. The average molecular weight is 799 g/mol. The predicted molar refractivity (Wildman–Crippen MR) is 200 cm³/mol. The third-order valence-corrected chi connectivity index (χ3v) is 11.0. The van der Waals surface area contributed by atoms with Crippen molar-refractivity contribution in [2.24, 2.45) is 0 Å². The summed E-state index contributed by atoms with van der Waals surface area (Å²) in [6.07, 6.45) is 7.36. The molecular formula is C37H36AlN2NaO9S3+4. The first-order valence-corrected chi connectivity index (χ1v) is 20.1. The van der Waals surface area contributed by atoms with Crippen molar-refractivity contribution in [3.8, 4) is 0 Å². The monoisotopic (exact) mass is 798 g/mol. The molecule has 0 spiro atoms. The standard InChI is InChI=1S/C37H36N2O9S3.Al.Na/c1-3-38(25-27-9-7-11-33(23-27)49(40,41)42)31-19-15-29(16-20-31)37(35-13-5-6-14-36(35)51(46,47)48)30-17-21-32(22-18-30)39(4-2)26-28-10-8-12-34(24-28)50(43,44)45;;/h5-24H,3-4,25-26H2,1-2H3,(H2-,40,41,42,43,44,45,46,47,48);;/q;+3;+1. The van der Waals surface area contributed by atoms with Gasteiger partial charge in [-0.3, -0.25) is 9.11 Å². The van der Waals surface area contributed by atoms with E-state index in [4.69, 9.17) is 0 Å². The maximum absolute atomic E-state index is 12.4. The van der Waals surface area contributed by atoms with Crippen LogP contribution in [-0.4, -0.2) is 79.6 Å². The van der Waals surface area contributed by atoms with Gasteiger partial charge in [0.25, 0.3) is 20.2 Å². The molecule has 2 N–H and O–H groups in total. The van der Waals surface area contributed by atoms with Crippen LogP contribution < -0.4 is 34.5 Å². The molecule has 0 bridgehead atoms. The molecule has 4 aromatic carbocycles. The van der Waals surface area contributed by atoms with Crippen molar-refractivity contribution in [3.63, 3.8) is 0 Å². The molecule has 0 unspecified atom stereocenters. The van der Waals surface area contributed by atoms with Crippen LogP contribution in [0.25, 0.3) is 5.57 Å². The van der Waals surface area contributed by atoms with Crippen molar-refractivity contribution in [2.75, 3.05) is 18.0 Å². The number of hydrogen-bond donors (Lipinski definition) is 2. The second-order valence-corrected chi connectivity index (χ2v) is 15.9. The van der Waals surface area contributed by atoms with Crippen LogP contribution in [0, 0.1) is 0 Å². The Balaban J connectivity index is 0.00000378. The van der Waals surface area contributed by atoms with Gasteiger partial charge in [-0.1, -0.05) is 54.6 Å². The molecule has 0 aliphatic heterocycles. The van der Waals surface area contributed by atoms with Crippen molar-refractivity contribution in [2.45, 2.75) is 41.6 Å². The summed E-state index contributed by atoms with van der Waals surface area (Å²) in [6.45, 7) is 5.72. The van der Waals surface area contributed by atoms with Crippen molar-refractivity contribution < 1.29 is 73.0 Å². The van der Waals surface area contributed by atoms with Gasteiger partial charge in [0.1, 0.15) is 16.7 Å². The van der Waals surface area contributed by atoms with E-state index in [1.807, 2.05) is 71.9 Å². The molecule has 0 heterocycles. The second kappa shape index (κ2) is 18.4. The van der Waals surface area contributed by atoms with E-state index in [-0.39, 0.29) is 67.2 Å². The Labute approximate surface area is 343 Å². The zero-order chi connectivity index (χ0) is 37.0. The topological polar surface area (TPSA) is 172 Å². The molecule has 4 aromatic rings. The quantitative estimate of drug-likeness (QED) is 0.123. The summed E-state index contributed by atoms with van der Waals surface area (Å²) in [5.41, 5.74) is 4.97. The zero-order valence-electron chi connectivity index (χ0n) is 29.3. The molecule has 0 fully saturated rings. The number of anilines is 1. The molecule has 0 saturated carbocycles. The molecule has 0 radical (unpaired) electrons. The molecule has 0 saturated heterocycles. The summed E-state index contributed by atoms with van der Waals surface area (Å²) < 4.78 is 105. The van der Waals surface area contributed by atoms with E-state index in [1.54, 1.807) is 36.4 Å². The van der Waals surface area contributed by atoms with Gasteiger partial charge in [-0.2, -0.15) is 16.8 Å². The van der Waals surface area contributed by atoms with Crippen LogP contribution in [0.2, 0.25) is 0 Å². The van der Waals surface area contributed by atoms with Gasteiger partial charge in [0.2, 0.25) is 0 Å². The van der Waals surface area contributed by atoms with Crippen LogP contribution in [0.1, 0.15) is 36.1 Å². The number of allylic oxidation sites excluding steroid dienone is 5. The average Bonchev–Trinajstić information content (AvgIpc) is 3.10. The normalized spacial score (nSPS) is 12.8. The van der Waals surface area contributed by atoms with E-state index in [9.17, 15) is 38.9 Å². The number of hydrogen-bond acceptors (Lipinski definition) is 8. The molecular weight excluding hydrogens is 763 g/mol. The van der Waals surface area contributed by atoms with Crippen LogP contribution in [0.4, 0.5) is 5.69 Å².